The van der Waals surface area contributed by atoms with Gasteiger partial charge in [0.15, 0.2) is 0 Å². The van der Waals surface area contributed by atoms with E-state index in [1.165, 1.54) is 35.4 Å². The van der Waals surface area contributed by atoms with Gasteiger partial charge in [0, 0.05) is 25.3 Å². The maximum absolute atomic E-state index is 12.8. The number of anilines is 1. The summed E-state index contributed by atoms with van der Waals surface area (Å²) in [6, 6.07) is 8.27. The van der Waals surface area contributed by atoms with Crippen molar-refractivity contribution in [3.8, 4) is 0 Å². The lowest BCUT2D eigenvalue weighted by molar-refractivity contribution is -0.132. The van der Waals surface area contributed by atoms with Crippen molar-refractivity contribution in [2.24, 2.45) is 0 Å². The van der Waals surface area contributed by atoms with Gasteiger partial charge in [-0.05, 0) is 50.8 Å². The molecule has 2 heterocycles. The van der Waals surface area contributed by atoms with Crippen LogP contribution in [0, 0.1) is 0 Å². The van der Waals surface area contributed by atoms with Crippen LogP contribution < -0.4 is 10.2 Å². The van der Waals surface area contributed by atoms with Gasteiger partial charge in [0.05, 0.1) is 6.67 Å². The van der Waals surface area contributed by atoms with Crippen LogP contribution in [0.15, 0.2) is 24.3 Å². The van der Waals surface area contributed by atoms with E-state index in [9.17, 15) is 9.59 Å². The van der Waals surface area contributed by atoms with E-state index < -0.39 is 5.54 Å². The second-order valence-corrected chi connectivity index (χ2v) is 8.28. The van der Waals surface area contributed by atoms with Gasteiger partial charge in [0.2, 0.25) is 0 Å². The van der Waals surface area contributed by atoms with E-state index in [0.29, 0.717) is 6.67 Å². The zero-order valence-corrected chi connectivity index (χ0v) is 16.2. The van der Waals surface area contributed by atoms with E-state index in [1.807, 2.05) is 7.05 Å². The van der Waals surface area contributed by atoms with E-state index in [4.69, 9.17) is 0 Å². The smallest absolute Gasteiger partial charge is 0.326 e. The number of rotatable bonds is 5. The van der Waals surface area contributed by atoms with Crippen LogP contribution in [0.2, 0.25) is 0 Å². The van der Waals surface area contributed by atoms with E-state index in [1.54, 1.807) is 0 Å². The largest absolute Gasteiger partial charge is 0.371 e. The molecular formula is C21H30N4O2. The molecular weight excluding hydrogens is 340 g/mol. The molecule has 4 rings (SSSR count). The second-order valence-electron chi connectivity index (χ2n) is 8.28. The lowest BCUT2D eigenvalue weighted by Gasteiger charge is -2.32. The van der Waals surface area contributed by atoms with Crippen molar-refractivity contribution < 1.29 is 9.59 Å². The van der Waals surface area contributed by atoms with Crippen molar-refractivity contribution in [1.29, 1.82) is 0 Å². The lowest BCUT2D eigenvalue weighted by Crippen LogP contribution is -2.45. The Bertz CT molecular complexity index is 708. The van der Waals surface area contributed by atoms with Crippen LogP contribution in [0.5, 0.6) is 0 Å². The molecule has 0 radical (unpaired) electrons. The van der Waals surface area contributed by atoms with Gasteiger partial charge >= 0.3 is 6.03 Å². The number of hydrogen-bond acceptors (Lipinski definition) is 4. The number of para-hydroxylation sites is 1. The Kier molecular flexibility index (Phi) is 5.08. The highest BCUT2D eigenvalue weighted by molar-refractivity contribution is 6.07. The molecule has 2 saturated heterocycles. The minimum atomic E-state index is -0.621. The maximum atomic E-state index is 12.8. The number of hydrogen-bond donors (Lipinski definition) is 1. The summed E-state index contributed by atoms with van der Waals surface area (Å²) in [5, 5.41) is 2.96. The molecule has 6 heteroatoms. The molecule has 1 aromatic carbocycles. The molecule has 3 amide bonds. The third-order valence-corrected chi connectivity index (χ3v) is 6.21. The Labute approximate surface area is 161 Å². The van der Waals surface area contributed by atoms with E-state index in [0.717, 1.165) is 45.3 Å². The number of imide groups is 1. The number of nitrogens with zero attached hydrogens (tertiary/aromatic N) is 3. The van der Waals surface area contributed by atoms with Gasteiger partial charge in [-0.1, -0.05) is 31.0 Å². The summed E-state index contributed by atoms with van der Waals surface area (Å²) in [5.74, 6) is -0.0406. The molecule has 0 unspecified atom stereocenters. The molecule has 2 aliphatic heterocycles. The molecule has 0 aromatic heterocycles. The average Bonchev–Trinajstić information content (AvgIpc) is 3.24. The fourth-order valence-corrected chi connectivity index (χ4v) is 4.79. The molecule has 146 valence electrons. The minimum Gasteiger partial charge on any atom is -0.371 e. The van der Waals surface area contributed by atoms with E-state index in [2.05, 4.69) is 39.4 Å². The topological polar surface area (TPSA) is 55.9 Å². The van der Waals surface area contributed by atoms with Crippen molar-refractivity contribution in [3.63, 3.8) is 0 Å². The van der Waals surface area contributed by atoms with Crippen LogP contribution in [0.3, 0.4) is 0 Å². The Morgan fingerprint density at radius 1 is 1.04 bits per heavy atom. The van der Waals surface area contributed by atoms with Gasteiger partial charge in [-0.2, -0.15) is 0 Å². The molecule has 3 aliphatic rings. The summed E-state index contributed by atoms with van der Waals surface area (Å²) in [6.07, 6.45) is 7.37. The highest BCUT2D eigenvalue weighted by Gasteiger charge is 2.52. The highest BCUT2D eigenvalue weighted by Crippen LogP contribution is 2.35. The fourth-order valence-electron chi connectivity index (χ4n) is 4.79. The summed E-state index contributed by atoms with van der Waals surface area (Å²) < 4.78 is 0. The summed E-state index contributed by atoms with van der Waals surface area (Å²) >= 11 is 0. The van der Waals surface area contributed by atoms with E-state index in [-0.39, 0.29) is 11.9 Å². The zero-order valence-electron chi connectivity index (χ0n) is 16.2. The number of urea groups is 1. The molecule has 6 nitrogen and oxygen atoms in total. The Hall–Kier alpha value is -2.08. The van der Waals surface area contributed by atoms with Gasteiger partial charge in [-0.25, -0.2) is 9.69 Å². The third kappa shape index (κ3) is 3.55. The first-order valence-corrected chi connectivity index (χ1v) is 10.2. The molecule has 0 atom stereocenters. The summed E-state index contributed by atoms with van der Waals surface area (Å²) in [5.41, 5.74) is 1.92. The fraction of sp³-hybridized carbons (Fsp3) is 0.619. The Balaban J connectivity index is 1.43. The molecule has 3 fully saturated rings. The molecule has 1 N–H and O–H groups in total. The van der Waals surface area contributed by atoms with Crippen molar-refractivity contribution in [1.82, 2.24) is 15.1 Å². The monoisotopic (exact) mass is 370 g/mol. The number of benzene rings is 1. The summed E-state index contributed by atoms with van der Waals surface area (Å²) in [6.45, 7) is 3.27. The van der Waals surface area contributed by atoms with Crippen LogP contribution >= 0.6 is 0 Å². The van der Waals surface area contributed by atoms with Crippen LogP contribution in [0.4, 0.5) is 10.5 Å². The minimum absolute atomic E-state index is 0.0406. The zero-order chi connectivity index (χ0) is 18.9. The first kappa shape index (κ1) is 18.3. The molecule has 27 heavy (non-hydrogen) atoms. The number of amides is 3. The second kappa shape index (κ2) is 7.50. The summed E-state index contributed by atoms with van der Waals surface area (Å²) in [4.78, 5) is 31.2. The number of nitrogens with one attached hydrogen (secondary N) is 1. The number of carbonyl (C=O) groups is 2. The standard InChI is InChI=1S/C21H30N4O2/c1-23(16-25-19(26)21(22-20(25)27)11-5-6-12-21)15-17-9-3-4-10-18(17)24-13-7-2-8-14-24/h3-4,9-10H,2,5-8,11-16H2,1H3,(H,22,27). The Morgan fingerprint density at radius 3 is 2.48 bits per heavy atom. The third-order valence-electron chi connectivity index (χ3n) is 6.21. The van der Waals surface area contributed by atoms with Crippen LogP contribution in [0.1, 0.15) is 50.5 Å². The first-order chi connectivity index (χ1) is 13.1. The predicted molar refractivity (Wildman–Crippen MR) is 105 cm³/mol. The van der Waals surface area contributed by atoms with Gasteiger partial charge in [-0.15, -0.1) is 0 Å². The van der Waals surface area contributed by atoms with Crippen LogP contribution in [-0.4, -0.2) is 54.1 Å². The van der Waals surface area contributed by atoms with Crippen LogP contribution in [-0.2, 0) is 11.3 Å². The normalized spacial score (nSPS) is 22.1. The molecule has 1 saturated carbocycles. The quantitative estimate of drug-likeness (QED) is 0.810. The highest BCUT2D eigenvalue weighted by atomic mass is 16.2. The van der Waals surface area contributed by atoms with Crippen molar-refractivity contribution in [2.75, 3.05) is 31.7 Å². The summed E-state index contributed by atoms with van der Waals surface area (Å²) in [7, 11) is 1.98. The SMILES string of the molecule is CN(Cc1ccccc1N1CCCCC1)CN1C(=O)NC2(CCCC2)C1=O. The first-order valence-electron chi connectivity index (χ1n) is 10.2. The van der Waals surface area contributed by atoms with Crippen molar-refractivity contribution in [3.05, 3.63) is 29.8 Å². The molecule has 1 spiro atoms. The average molecular weight is 370 g/mol. The maximum Gasteiger partial charge on any atom is 0.326 e. The van der Waals surface area contributed by atoms with Gasteiger partial charge in [-0.3, -0.25) is 9.69 Å². The molecule has 1 aromatic rings. The molecule has 1 aliphatic carbocycles. The Morgan fingerprint density at radius 2 is 1.74 bits per heavy atom. The molecule has 0 bridgehead atoms. The van der Waals surface area contributed by atoms with Crippen molar-refractivity contribution in [2.45, 2.75) is 57.0 Å². The van der Waals surface area contributed by atoms with Crippen molar-refractivity contribution >= 4 is 17.6 Å². The van der Waals surface area contributed by atoms with Gasteiger partial charge in [0.1, 0.15) is 5.54 Å². The predicted octanol–water partition coefficient (Wildman–Crippen LogP) is 2.93. The number of piperidine rings is 1. The lowest BCUT2D eigenvalue weighted by atomic mass is 9.98. The van der Waals surface area contributed by atoms with Gasteiger partial charge in [0.25, 0.3) is 5.91 Å². The van der Waals surface area contributed by atoms with Crippen LogP contribution in [0.25, 0.3) is 0 Å². The number of carbonyl (C=O) groups excluding carboxylic acids is 2. The van der Waals surface area contributed by atoms with E-state index >= 15 is 0 Å². The van der Waals surface area contributed by atoms with Gasteiger partial charge < -0.3 is 10.2 Å².